The minimum atomic E-state index is -4.41. The maximum atomic E-state index is 7.50. The molecule has 2 aromatic carbocycles. The zero-order valence-corrected chi connectivity index (χ0v) is 28.7. The Morgan fingerprint density at radius 1 is 0.538 bits per heavy atom. The van der Waals surface area contributed by atoms with E-state index in [1.54, 1.807) is 0 Å². The predicted octanol–water partition coefficient (Wildman–Crippen LogP) is 10.9. The average molecular weight is 604 g/mol. The van der Waals surface area contributed by atoms with E-state index in [9.17, 15) is 0 Å². The minimum absolute atomic E-state index is 0.0808. The van der Waals surface area contributed by atoms with Crippen LogP contribution < -0.4 is 5.63 Å². The van der Waals surface area contributed by atoms with E-state index < -0.39 is 21.1 Å². The Morgan fingerprint density at radius 2 is 0.846 bits per heavy atom. The third kappa shape index (κ3) is 5.33. The standard InChI is InChI=1S/2C10H14O.2C8H11.Zr/c2*1-10(2,3)8-4-6-9(11)7-5-8;2*1-6-4-7(2)8(3)5-6;/h2*4-7,11H,1-3H3;2*4-5H,1-3H3;/q;;;;+2/p-2. The van der Waals surface area contributed by atoms with Crippen molar-refractivity contribution >= 4 is 0 Å². The zero-order chi connectivity index (χ0) is 29.0. The van der Waals surface area contributed by atoms with Crippen molar-refractivity contribution < 1.29 is 26.8 Å². The van der Waals surface area contributed by atoms with E-state index >= 15 is 0 Å². The van der Waals surface area contributed by atoms with Crippen LogP contribution >= 0.6 is 0 Å². The number of allylic oxidation sites excluding steroid dienone is 8. The van der Waals surface area contributed by atoms with Gasteiger partial charge in [-0.3, -0.25) is 0 Å². The van der Waals surface area contributed by atoms with Crippen molar-refractivity contribution in [2.45, 2.75) is 100 Å². The van der Waals surface area contributed by atoms with Crippen LogP contribution in [0.1, 0.15) is 94.2 Å². The molecule has 0 aliphatic heterocycles. The monoisotopic (exact) mass is 602 g/mol. The van der Waals surface area contributed by atoms with Gasteiger partial charge in [0, 0.05) is 0 Å². The molecule has 0 heterocycles. The summed E-state index contributed by atoms with van der Waals surface area (Å²) in [4.78, 5) is 0. The molecule has 2 aliphatic rings. The Labute approximate surface area is 243 Å². The number of rotatable bonds is 6. The number of hydrogen-bond acceptors (Lipinski definition) is 2. The molecule has 0 amide bonds. The van der Waals surface area contributed by atoms with Crippen molar-refractivity contribution in [3.8, 4) is 11.5 Å². The molecule has 2 nitrogen and oxygen atoms in total. The summed E-state index contributed by atoms with van der Waals surface area (Å²) in [6.45, 7) is 27.1. The molecule has 208 valence electrons. The molecule has 2 aromatic rings. The van der Waals surface area contributed by atoms with Gasteiger partial charge < -0.3 is 0 Å². The van der Waals surface area contributed by atoms with Gasteiger partial charge in [0.25, 0.3) is 0 Å². The van der Waals surface area contributed by atoms with Crippen LogP contribution in [0.15, 0.2) is 95.1 Å². The molecular weight excluding hydrogens is 556 g/mol. The second-order valence-corrected chi connectivity index (χ2v) is 23.3. The van der Waals surface area contributed by atoms with Crippen LogP contribution in [-0.2, 0) is 32.0 Å². The van der Waals surface area contributed by atoms with E-state index in [1.807, 2.05) is 0 Å². The summed E-state index contributed by atoms with van der Waals surface area (Å²) in [6.07, 6.45) is 9.48. The van der Waals surface area contributed by atoms with Crippen LogP contribution in [0.25, 0.3) is 0 Å². The van der Waals surface area contributed by atoms with Crippen molar-refractivity contribution in [1.82, 2.24) is 0 Å². The van der Waals surface area contributed by atoms with Gasteiger partial charge in [0.1, 0.15) is 0 Å². The number of hydrogen-bond donors (Lipinski definition) is 0. The molecule has 0 N–H and O–H groups in total. The Balaban J connectivity index is 1.96. The van der Waals surface area contributed by atoms with E-state index in [-0.39, 0.29) is 17.1 Å². The van der Waals surface area contributed by atoms with Crippen molar-refractivity contribution in [1.29, 1.82) is 0 Å². The molecule has 0 fully saturated rings. The summed E-state index contributed by atoms with van der Waals surface area (Å²) >= 11 is -4.41. The summed E-state index contributed by atoms with van der Waals surface area (Å²) in [5, 5.41) is 0. The first-order valence-electron chi connectivity index (χ1n) is 14.3. The van der Waals surface area contributed by atoms with Gasteiger partial charge >= 0.3 is 245 Å². The fraction of sp³-hybridized carbons (Fsp3) is 0.444. The van der Waals surface area contributed by atoms with Gasteiger partial charge in [0.2, 0.25) is 0 Å². The summed E-state index contributed by atoms with van der Waals surface area (Å²) in [5.74, 6) is 1.79. The van der Waals surface area contributed by atoms with E-state index in [2.05, 4.69) is 156 Å². The van der Waals surface area contributed by atoms with Gasteiger partial charge in [0.05, 0.1) is 0 Å². The van der Waals surface area contributed by atoms with E-state index in [0.717, 1.165) is 11.5 Å². The van der Waals surface area contributed by atoms with E-state index in [1.165, 1.54) is 33.4 Å². The van der Waals surface area contributed by atoms with Gasteiger partial charge in [-0.25, -0.2) is 0 Å². The molecule has 0 saturated carbocycles. The first kappa shape index (κ1) is 29.9. The number of benzene rings is 2. The third-order valence-electron chi connectivity index (χ3n) is 8.89. The van der Waals surface area contributed by atoms with Crippen LogP contribution in [0.5, 0.6) is 11.5 Å². The summed E-state index contributed by atoms with van der Waals surface area (Å²) < 4.78 is 14.4. The second kappa shape index (κ2) is 10.1. The van der Waals surface area contributed by atoms with E-state index in [4.69, 9.17) is 5.63 Å². The van der Waals surface area contributed by atoms with Crippen molar-refractivity contribution in [3.05, 3.63) is 106 Å². The topological polar surface area (TPSA) is 18.5 Å². The fourth-order valence-electron chi connectivity index (χ4n) is 6.28. The van der Waals surface area contributed by atoms with Crippen LogP contribution in [0.2, 0.25) is 6.25 Å². The summed E-state index contributed by atoms with van der Waals surface area (Å²) in [6, 6.07) is 17.5. The second-order valence-electron chi connectivity index (χ2n) is 14.2. The van der Waals surface area contributed by atoms with Crippen LogP contribution in [0, 0.1) is 0 Å². The predicted molar refractivity (Wildman–Crippen MR) is 163 cm³/mol. The van der Waals surface area contributed by atoms with Gasteiger partial charge in [-0.1, -0.05) is 0 Å². The third-order valence-corrected chi connectivity index (χ3v) is 20.8. The van der Waals surface area contributed by atoms with Crippen molar-refractivity contribution in [2.24, 2.45) is 0 Å². The molecule has 0 radical (unpaired) electrons. The molecule has 0 spiro atoms. The van der Waals surface area contributed by atoms with Crippen molar-refractivity contribution in [2.75, 3.05) is 0 Å². The first-order valence-corrected chi connectivity index (χ1v) is 18.7. The van der Waals surface area contributed by atoms with Gasteiger partial charge in [-0.05, 0) is 0 Å². The van der Waals surface area contributed by atoms with Gasteiger partial charge in [-0.2, -0.15) is 0 Å². The quantitative estimate of drug-likeness (QED) is 0.327. The fourth-order valence-corrected chi connectivity index (χ4v) is 18.4. The van der Waals surface area contributed by atoms with E-state index in [0.29, 0.717) is 0 Å². The van der Waals surface area contributed by atoms with Crippen LogP contribution in [0.3, 0.4) is 0 Å². The van der Waals surface area contributed by atoms with Crippen LogP contribution in [0.4, 0.5) is 0 Å². The summed E-state index contributed by atoms with van der Waals surface area (Å²) in [5.41, 5.74) is 7.95. The zero-order valence-electron chi connectivity index (χ0n) is 26.2. The first-order chi connectivity index (χ1) is 17.9. The van der Waals surface area contributed by atoms with Gasteiger partial charge in [0.15, 0.2) is 0 Å². The Bertz CT molecular complexity index is 1250. The van der Waals surface area contributed by atoms with Crippen LogP contribution in [-0.4, -0.2) is 0 Å². The molecule has 0 saturated heterocycles. The summed E-state index contributed by atoms with van der Waals surface area (Å²) in [7, 11) is 0. The van der Waals surface area contributed by atoms with Crippen molar-refractivity contribution in [3.63, 3.8) is 0 Å². The molecule has 2 unspecified atom stereocenters. The molecule has 2 aliphatic carbocycles. The molecule has 3 heteroatoms. The molecule has 0 bridgehead atoms. The molecule has 39 heavy (non-hydrogen) atoms. The molecule has 4 rings (SSSR count). The average Bonchev–Trinajstić information content (AvgIpc) is 3.25. The Kier molecular flexibility index (Phi) is 7.70. The SMILES string of the molecule is CC1=C[C](C)([Zr]([O]c2ccc(C(C)(C)C)cc2)([O]c2ccc(C(C)(C)C)cc2)[C]2(C)C=C(C)C=C2C)C(C)=C1. The normalized spacial score (nSPS) is 23.7. The Morgan fingerprint density at radius 3 is 1.08 bits per heavy atom. The molecular formula is C36H48O2Zr. The molecule has 0 aromatic heterocycles. The maximum absolute atomic E-state index is 7.50. The molecule has 2 atom stereocenters. The van der Waals surface area contributed by atoms with Gasteiger partial charge in [-0.15, -0.1) is 0 Å². The Hall–Kier alpha value is -2.12.